The van der Waals surface area contributed by atoms with Crippen LogP contribution in [0.25, 0.3) is 0 Å². The Morgan fingerprint density at radius 1 is 1.04 bits per heavy atom. The van der Waals surface area contributed by atoms with Crippen molar-refractivity contribution in [1.29, 1.82) is 0 Å². The topological polar surface area (TPSA) is 98.7 Å². The molecule has 128 valence electrons. The molecule has 24 heavy (non-hydrogen) atoms. The van der Waals surface area contributed by atoms with Crippen LogP contribution >= 0.6 is 0 Å². The maximum absolute atomic E-state index is 12.2. The largest absolute Gasteiger partial charge is 0.481 e. The van der Waals surface area contributed by atoms with Gasteiger partial charge in [-0.1, -0.05) is 18.2 Å². The van der Waals surface area contributed by atoms with E-state index in [0.29, 0.717) is 32.4 Å². The van der Waals surface area contributed by atoms with Crippen molar-refractivity contribution < 1.29 is 19.5 Å². The van der Waals surface area contributed by atoms with Gasteiger partial charge in [-0.2, -0.15) is 0 Å². The van der Waals surface area contributed by atoms with Gasteiger partial charge >= 0.3 is 12.0 Å². The number of rotatable bonds is 4. The minimum atomic E-state index is -0.887. The molecular formula is C17H21N3O4. The van der Waals surface area contributed by atoms with Crippen molar-refractivity contribution in [1.82, 2.24) is 10.2 Å². The van der Waals surface area contributed by atoms with Gasteiger partial charge in [0.2, 0.25) is 5.91 Å². The van der Waals surface area contributed by atoms with Crippen LogP contribution in [0.4, 0.5) is 10.5 Å². The Balaban J connectivity index is 1.41. The summed E-state index contributed by atoms with van der Waals surface area (Å²) in [6.45, 7) is 1.11. The Morgan fingerprint density at radius 2 is 1.71 bits per heavy atom. The number of carboxylic acids is 1. The number of carbonyl (C=O) groups is 3. The zero-order valence-corrected chi connectivity index (χ0v) is 13.3. The van der Waals surface area contributed by atoms with Crippen molar-refractivity contribution in [2.24, 2.45) is 11.8 Å². The Morgan fingerprint density at radius 3 is 2.29 bits per heavy atom. The average Bonchev–Trinajstić information content (AvgIpc) is 3.36. The van der Waals surface area contributed by atoms with Crippen molar-refractivity contribution in [2.75, 3.05) is 18.4 Å². The highest BCUT2D eigenvalue weighted by Gasteiger charge is 2.50. The number of anilines is 1. The molecule has 1 aliphatic heterocycles. The molecule has 0 radical (unpaired) electrons. The van der Waals surface area contributed by atoms with Crippen LogP contribution in [0.2, 0.25) is 0 Å². The number of carboxylic acid groups (broad SMARTS) is 1. The molecule has 0 unspecified atom stereocenters. The molecule has 2 aliphatic rings. The molecule has 3 amide bonds. The van der Waals surface area contributed by atoms with Crippen molar-refractivity contribution in [3.63, 3.8) is 0 Å². The molecule has 0 aromatic heterocycles. The van der Waals surface area contributed by atoms with Gasteiger partial charge in [-0.25, -0.2) is 4.79 Å². The highest BCUT2D eigenvalue weighted by molar-refractivity contribution is 5.90. The molecule has 2 atom stereocenters. The minimum absolute atomic E-state index is 0.0206. The van der Waals surface area contributed by atoms with Crippen LogP contribution in [0.1, 0.15) is 19.3 Å². The maximum atomic E-state index is 12.2. The minimum Gasteiger partial charge on any atom is -0.481 e. The van der Waals surface area contributed by atoms with Crippen molar-refractivity contribution in [3.8, 4) is 0 Å². The number of nitrogens with one attached hydrogen (secondary N) is 2. The molecule has 1 aliphatic carbocycles. The second-order valence-corrected chi connectivity index (χ2v) is 6.35. The number of nitrogens with zero attached hydrogens (tertiary/aromatic N) is 1. The van der Waals surface area contributed by atoms with E-state index in [2.05, 4.69) is 10.6 Å². The van der Waals surface area contributed by atoms with Crippen LogP contribution < -0.4 is 10.6 Å². The predicted octanol–water partition coefficient (Wildman–Crippen LogP) is 1.52. The molecule has 2 fully saturated rings. The number of piperidine rings is 1. The first-order valence-corrected chi connectivity index (χ1v) is 8.19. The predicted molar refractivity (Wildman–Crippen MR) is 87.4 cm³/mol. The fraction of sp³-hybridized carbons (Fsp3) is 0.471. The summed E-state index contributed by atoms with van der Waals surface area (Å²) in [6, 6.07) is 8.98. The number of urea groups is 1. The van der Waals surface area contributed by atoms with E-state index in [-0.39, 0.29) is 23.9 Å². The fourth-order valence-corrected chi connectivity index (χ4v) is 3.09. The molecule has 0 bridgehead atoms. The van der Waals surface area contributed by atoms with E-state index in [9.17, 15) is 14.4 Å². The number of hydrogen-bond donors (Lipinski definition) is 3. The number of likely N-dealkylation sites (tertiary alicyclic amines) is 1. The third-order valence-electron chi connectivity index (χ3n) is 4.60. The van der Waals surface area contributed by atoms with Crippen LogP contribution in [-0.4, -0.2) is 47.0 Å². The van der Waals surface area contributed by atoms with Gasteiger partial charge in [-0.3, -0.25) is 9.59 Å². The normalized spacial score (nSPS) is 23.4. The number of amides is 3. The first-order valence-electron chi connectivity index (χ1n) is 8.19. The van der Waals surface area contributed by atoms with Gasteiger partial charge in [0.25, 0.3) is 0 Å². The first-order chi connectivity index (χ1) is 11.5. The number of hydrogen-bond acceptors (Lipinski definition) is 3. The third-order valence-corrected chi connectivity index (χ3v) is 4.60. The van der Waals surface area contributed by atoms with Gasteiger partial charge in [0, 0.05) is 24.8 Å². The van der Waals surface area contributed by atoms with E-state index in [1.807, 2.05) is 30.3 Å². The molecule has 1 saturated heterocycles. The van der Waals surface area contributed by atoms with Gasteiger partial charge in [-0.05, 0) is 31.4 Å². The molecule has 1 heterocycles. The molecule has 1 saturated carbocycles. The first kappa shape index (κ1) is 16.3. The Hall–Kier alpha value is -2.57. The van der Waals surface area contributed by atoms with Gasteiger partial charge in [0.1, 0.15) is 0 Å². The number of para-hydroxylation sites is 1. The zero-order chi connectivity index (χ0) is 17.1. The molecule has 0 spiro atoms. The quantitative estimate of drug-likeness (QED) is 0.779. The van der Waals surface area contributed by atoms with Crippen LogP contribution in [0.15, 0.2) is 30.3 Å². The lowest BCUT2D eigenvalue weighted by Crippen LogP contribution is -2.48. The van der Waals surface area contributed by atoms with Gasteiger partial charge in [0.05, 0.1) is 11.8 Å². The monoisotopic (exact) mass is 331 g/mol. The highest BCUT2D eigenvalue weighted by atomic mass is 16.4. The lowest BCUT2D eigenvalue weighted by molar-refractivity contribution is -0.142. The lowest BCUT2D eigenvalue weighted by atomic mass is 10.0. The molecular weight excluding hydrogens is 310 g/mol. The summed E-state index contributed by atoms with van der Waals surface area (Å²) in [4.78, 5) is 36.8. The molecule has 1 aromatic rings. The summed E-state index contributed by atoms with van der Waals surface area (Å²) in [5.41, 5.74) is 0.732. The average molecular weight is 331 g/mol. The van der Waals surface area contributed by atoms with Gasteiger partial charge in [0.15, 0.2) is 0 Å². The summed E-state index contributed by atoms with van der Waals surface area (Å²) >= 11 is 0. The van der Waals surface area contributed by atoms with Crippen molar-refractivity contribution in [3.05, 3.63) is 30.3 Å². The van der Waals surface area contributed by atoms with Crippen LogP contribution in [0.3, 0.4) is 0 Å². The van der Waals surface area contributed by atoms with Crippen LogP contribution in [-0.2, 0) is 9.59 Å². The summed E-state index contributed by atoms with van der Waals surface area (Å²) in [5, 5.41) is 14.6. The van der Waals surface area contributed by atoms with E-state index in [1.54, 1.807) is 4.90 Å². The number of aliphatic carboxylic acids is 1. The summed E-state index contributed by atoms with van der Waals surface area (Å²) in [6.07, 6.45) is 1.81. The van der Waals surface area contributed by atoms with Crippen molar-refractivity contribution in [2.45, 2.75) is 25.3 Å². The maximum Gasteiger partial charge on any atom is 0.319 e. The molecule has 7 heteroatoms. The molecule has 3 N–H and O–H groups in total. The molecule has 7 nitrogen and oxygen atoms in total. The standard InChI is InChI=1S/C17H21N3O4/c21-15(13-10-14(13)16(22)23)20-8-6-12(7-9-20)19-17(24)18-11-4-2-1-3-5-11/h1-5,12-14H,6-10H2,(H,22,23)(H2,18,19,24)/t13-,14-/m0/s1. The fourth-order valence-electron chi connectivity index (χ4n) is 3.09. The summed E-state index contributed by atoms with van der Waals surface area (Å²) < 4.78 is 0. The molecule has 3 rings (SSSR count). The van der Waals surface area contributed by atoms with E-state index in [0.717, 1.165) is 5.69 Å². The van der Waals surface area contributed by atoms with E-state index < -0.39 is 11.9 Å². The van der Waals surface area contributed by atoms with Crippen LogP contribution in [0, 0.1) is 11.8 Å². The number of benzene rings is 1. The Labute approximate surface area is 140 Å². The summed E-state index contributed by atoms with van der Waals surface area (Å²) in [7, 11) is 0. The van der Waals surface area contributed by atoms with Gasteiger partial charge < -0.3 is 20.6 Å². The second kappa shape index (κ2) is 6.90. The molecule has 1 aromatic carbocycles. The lowest BCUT2D eigenvalue weighted by Gasteiger charge is -2.32. The second-order valence-electron chi connectivity index (χ2n) is 6.35. The van der Waals surface area contributed by atoms with E-state index in [4.69, 9.17) is 5.11 Å². The highest BCUT2D eigenvalue weighted by Crippen LogP contribution is 2.40. The third kappa shape index (κ3) is 3.84. The van der Waals surface area contributed by atoms with E-state index >= 15 is 0 Å². The van der Waals surface area contributed by atoms with Gasteiger partial charge in [-0.15, -0.1) is 0 Å². The van der Waals surface area contributed by atoms with Crippen LogP contribution in [0.5, 0.6) is 0 Å². The number of carbonyl (C=O) groups excluding carboxylic acids is 2. The smallest absolute Gasteiger partial charge is 0.319 e. The van der Waals surface area contributed by atoms with E-state index in [1.165, 1.54) is 0 Å². The Kier molecular flexibility index (Phi) is 4.69. The Bertz CT molecular complexity index is 626. The SMILES string of the molecule is O=C(Nc1ccccc1)NC1CCN(C(=O)[C@H]2C[C@@H]2C(=O)O)CC1. The summed E-state index contributed by atoms with van der Waals surface area (Å²) in [5.74, 6) is -1.81. The zero-order valence-electron chi connectivity index (χ0n) is 13.3. The van der Waals surface area contributed by atoms with Crippen molar-refractivity contribution >= 4 is 23.6 Å².